The average Bonchev–Trinajstić information content (AvgIpc) is 2.69. The third-order valence-corrected chi connectivity index (χ3v) is 5.25. The normalized spacial score (nSPS) is 12.4. The molecule has 0 fully saturated rings. The average molecular weight is 461 g/mol. The second-order valence-electron chi connectivity index (χ2n) is 6.60. The van der Waals surface area contributed by atoms with Crippen LogP contribution in [0.3, 0.4) is 0 Å². The molecule has 2 N–H and O–H groups in total. The van der Waals surface area contributed by atoms with Crippen LogP contribution in [0.5, 0.6) is 5.75 Å². The maximum atomic E-state index is 14.5. The summed E-state index contributed by atoms with van der Waals surface area (Å²) in [5, 5.41) is 12.6. The fourth-order valence-corrected chi connectivity index (χ4v) is 3.74. The monoisotopic (exact) mass is 461 g/mol. The molecule has 1 unspecified atom stereocenters. The number of nitrogens with one attached hydrogen (secondary N) is 2. The molecule has 0 amide bonds. The highest BCUT2D eigenvalue weighted by Gasteiger charge is 2.16. The van der Waals surface area contributed by atoms with E-state index in [1.54, 1.807) is 13.1 Å². The van der Waals surface area contributed by atoms with E-state index in [1.165, 1.54) is 23.8 Å². The number of ether oxygens (including phenoxy) is 1. The van der Waals surface area contributed by atoms with Crippen molar-refractivity contribution in [1.29, 1.82) is 5.26 Å². The number of hydrogen-bond donors (Lipinski definition) is 2. The van der Waals surface area contributed by atoms with E-state index >= 15 is 0 Å². The van der Waals surface area contributed by atoms with Crippen LogP contribution in [-0.4, -0.2) is 32.4 Å². The Morgan fingerprint density at radius 1 is 1.19 bits per heavy atom. The molecule has 0 aliphatic rings. The summed E-state index contributed by atoms with van der Waals surface area (Å²) < 4.78 is 61.9. The first-order chi connectivity index (χ1) is 15.2. The van der Waals surface area contributed by atoms with Gasteiger partial charge >= 0.3 is 0 Å². The minimum absolute atomic E-state index is 0.0582. The molecule has 1 atom stereocenters. The Balaban J connectivity index is 1.99. The van der Waals surface area contributed by atoms with Crippen molar-refractivity contribution >= 4 is 26.7 Å². The molecule has 0 saturated carbocycles. The molecule has 32 heavy (non-hydrogen) atoms. The Morgan fingerprint density at radius 2 is 1.97 bits per heavy atom. The van der Waals surface area contributed by atoms with Gasteiger partial charge < -0.3 is 10.1 Å². The first kappa shape index (κ1) is 22.9. The lowest BCUT2D eigenvalue weighted by Gasteiger charge is -2.12. The number of nitrogens with zero attached hydrogens (tertiary/aromatic N) is 3. The van der Waals surface area contributed by atoms with Gasteiger partial charge in [0.25, 0.3) is 0 Å². The minimum Gasteiger partial charge on any atom is -0.493 e. The summed E-state index contributed by atoms with van der Waals surface area (Å²) in [6.07, 6.45) is 3.80. The van der Waals surface area contributed by atoms with Crippen LogP contribution in [0.2, 0.25) is 0 Å². The molecular weight excluding hydrogens is 443 g/mol. The molecule has 0 radical (unpaired) electrons. The zero-order valence-corrected chi connectivity index (χ0v) is 17.8. The highest BCUT2D eigenvalue weighted by molar-refractivity contribution is 7.99. The van der Waals surface area contributed by atoms with Gasteiger partial charge in [-0.25, -0.2) is 32.1 Å². The van der Waals surface area contributed by atoms with Crippen LogP contribution < -0.4 is 14.8 Å². The second-order valence-corrected chi connectivity index (χ2v) is 8.85. The number of rotatable bonds is 7. The predicted molar refractivity (Wildman–Crippen MR) is 116 cm³/mol. The molecule has 11 heteroatoms. The van der Waals surface area contributed by atoms with Gasteiger partial charge in [0.05, 0.1) is 22.5 Å². The van der Waals surface area contributed by atoms with Crippen molar-refractivity contribution < 1.29 is 22.1 Å². The van der Waals surface area contributed by atoms with Crippen LogP contribution in [0.1, 0.15) is 12.5 Å². The Labute approximate surface area is 183 Å². The van der Waals surface area contributed by atoms with Crippen LogP contribution in [0.4, 0.5) is 24.8 Å². The van der Waals surface area contributed by atoms with Crippen molar-refractivity contribution in [2.75, 3.05) is 18.2 Å². The van der Waals surface area contributed by atoms with Crippen LogP contribution in [-0.2, 0) is 9.71 Å². The molecule has 1 heterocycles. The highest BCUT2D eigenvalue weighted by atomic mass is 32.2. The lowest BCUT2D eigenvalue weighted by Crippen LogP contribution is -2.18. The summed E-state index contributed by atoms with van der Waals surface area (Å²) in [5.74, 6) is -1.90. The fourth-order valence-electron chi connectivity index (χ4n) is 2.84. The zero-order chi connectivity index (χ0) is 23.3. The van der Waals surface area contributed by atoms with Gasteiger partial charge in [-0.15, -0.1) is 0 Å². The van der Waals surface area contributed by atoms with Crippen molar-refractivity contribution in [3.63, 3.8) is 0 Å². The second kappa shape index (κ2) is 9.57. The van der Waals surface area contributed by atoms with E-state index in [4.69, 9.17) is 10.00 Å². The number of halogens is 3. The van der Waals surface area contributed by atoms with Crippen LogP contribution >= 0.6 is 0 Å². The van der Waals surface area contributed by atoms with Crippen LogP contribution in [0.15, 0.2) is 42.6 Å². The Morgan fingerprint density at radius 3 is 2.69 bits per heavy atom. The van der Waals surface area contributed by atoms with Crippen molar-refractivity contribution in [2.24, 2.45) is 0 Å². The Hall–Kier alpha value is -3.78. The van der Waals surface area contributed by atoms with Gasteiger partial charge in [-0.05, 0) is 42.8 Å². The van der Waals surface area contributed by atoms with Gasteiger partial charge in [-0.2, -0.15) is 5.26 Å². The standard InChI is InChI=1S/C21H18F3N5O2S/c1-3-31-19-9-14(22)4-5-17(19)20-18(24)10-26-21(29-20)28-16-7-13(6-15(23)8-16)11-32(2,30)27-12-25/h4-11H,3H2,1-2H3,(H,27,30)(H,26,28,29). The zero-order valence-electron chi connectivity index (χ0n) is 17.0. The largest absolute Gasteiger partial charge is 0.493 e. The van der Waals surface area contributed by atoms with E-state index in [2.05, 4.69) is 20.0 Å². The maximum absolute atomic E-state index is 14.5. The highest BCUT2D eigenvalue weighted by Crippen LogP contribution is 2.32. The lowest BCUT2D eigenvalue weighted by molar-refractivity contribution is 0.339. The summed E-state index contributed by atoms with van der Waals surface area (Å²) in [7, 11) is -2.86. The van der Waals surface area contributed by atoms with E-state index < -0.39 is 27.2 Å². The molecule has 2 aromatic carbocycles. The molecule has 7 nitrogen and oxygen atoms in total. The van der Waals surface area contributed by atoms with Crippen molar-refractivity contribution in [3.8, 4) is 23.2 Å². The van der Waals surface area contributed by atoms with E-state index in [9.17, 15) is 17.4 Å². The van der Waals surface area contributed by atoms with Gasteiger partial charge in [0, 0.05) is 28.9 Å². The minimum atomic E-state index is -2.86. The van der Waals surface area contributed by atoms with Gasteiger partial charge in [-0.1, -0.05) is 0 Å². The first-order valence-corrected chi connectivity index (χ1v) is 11.3. The SMILES string of the molecule is CCOc1cc(F)ccc1-c1nc(Nc2cc(F)cc(C=S(C)(=O)NC#N)c2)ncc1F. The summed E-state index contributed by atoms with van der Waals surface area (Å²) in [4.78, 5) is 7.99. The summed E-state index contributed by atoms with van der Waals surface area (Å²) in [5.41, 5.74) is 0.522. The van der Waals surface area contributed by atoms with E-state index in [1.807, 2.05) is 0 Å². The molecule has 3 rings (SSSR count). The first-order valence-electron chi connectivity index (χ1n) is 9.23. The molecule has 1 aromatic heterocycles. The number of benzene rings is 2. The smallest absolute Gasteiger partial charge is 0.227 e. The lowest BCUT2D eigenvalue weighted by atomic mass is 10.1. The van der Waals surface area contributed by atoms with Crippen molar-refractivity contribution in [2.45, 2.75) is 6.92 Å². The molecule has 0 aliphatic carbocycles. The molecule has 166 valence electrons. The van der Waals surface area contributed by atoms with E-state index in [0.29, 0.717) is 0 Å². The van der Waals surface area contributed by atoms with Gasteiger partial charge in [0.1, 0.15) is 23.1 Å². The predicted octanol–water partition coefficient (Wildman–Crippen LogP) is 3.75. The topological polar surface area (TPSA) is 99.9 Å². The number of aromatic nitrogens is 2. The van der Waals surface area contributed by atoms with Crippen molar-refractivity contribution in [3.05, 3.63) is 65.6 Å². The Kier molecular flexibility index (Phi) is 6.85. The van der Waals surface area contributed by atoms with Gasteiger partial charge in [-0.3, -0.25) is 0 Å². The van der Waals surface area contributed by atoms with Crippen molar-refractivity contribution in [1.82, 2.24) is 14.7 Å². The van der Waals surface area contributed by atoms with Crippen LogP contribution in [0, 0.1) is 28.9 Å². The molecule has 3 aromatic rings. The molecule has 0 aliphatic heterocycles. The van der Waals surface area contributed by atoms with E-state index in [-0.39, 0.29) is 40.8 Å². The van der Waals surface area contributed by atoms with E-state index in [0.717, 1.165) is 30.5 Å². The summed E-state index contributed by atoms with van der Waals surface area (Å²) in [6, 6.07) is 7.35. The Bertz CT molecular complexity index is 1320. The maximum Gasteiger partial charge on any atom is 0.227 e. The van der Waals surface area contributed by atoms with Gasteiger partial charge in [0.15, 0.2) is 12.0 Å². The quantitative estimate of drug-likeness (QED) is 0.316. The molecule has 0 bridgehead atoms. The third kappa shape index (κ3) is 5.67. The van der Waals surface area contributed by atoms with Crippen LogP contribution in [0.25, 0.3) is 11.3 Å². The van der Waals surface area contributed by atoms with Gasteiger partial charge in [0.2, 0.25) is 5.95 Å². The number of anilines is 2. The fraction of sp³-hybridized carbons (Fsp3) is 0.143. The number of hydrogen-bond acceptors (Lipinski definition) is 6. The molecule has 0 spiro atoms. The number of nitriles is 1. The summed E-state index contributed by atoms with van der Waals surface area (Å²) >= 11 is 0. The third-order valence-electron chi connectivity index (χ3n) is 4.03. The molecular formula is C21H18F3N5O2S. The molecule has 0 saturated heterocycles. The summed E-state index contributed by atoms with van der Waals surface area (Å²) in [6.45, 7) is 1.94.